The molecular weight excluding hydrogens is 523 g/mol. The molecule has 38 heavy (non-hydrogen) atoms. The topological polar surface area (TPSA) is 73.9 Å². The van der Waals surface area contributed by atoms with Crippen molar-refractivity contribution in [3.05, 3.63) is 81.8 Å². The second-order valence-corrected chi connectivity index (χ2v) is 10.1. The van der Waals surface area contributed by atoms with Crippen LogP contribution in [0, 0.1) is 0 Å². The molecule has 1 heterocycles. The Bertz CT molecular complexity index is 1290. The predicted molar refractivity (Wildman–Crippen MR) is 155 cm³/mol. The summed E-state index contributed by atoms with van der Waals surface area (Å²) in [6.07, 6.45) is 0.810. The smallest absolute Gasteiger partial charge is 0.255 e. The van der Waals surface area contributed by atoms with Crippen LogP contribution in [0.3, 0.4) is 0 Å². The van der Waals surface area contributed by atoms with Crippen molar-refractivity contribution in [3.8, 4) is 5.75 Å². The van der Waals surface area contributed by atoms with Gasteiger partial charge in [0.05, 0.1) is 18.4 Å². The van der Waals surface area contributed by atoms with Crippen molar-refractivity contribution in [3.63, 3.8) is 0 Å². The van der Waals surface area contributed by atoms with Gasteiger partial charge in [0.25, 0.3) is 11.8 Å². The number of hydrogen-bond acceptors (Lipinski definition) is 5. The van der Waals surface area contributed by atoms with Crippen LogP contribution >= 0.6 is 23.2 Å². The van der Waals surface area contributed by atoms with Gasteiger partial charge in [-0.2, -0.15) is 0 Å². The van der Waals surface area contributed by atoms with Crippen molar-refractivity contribution in [2.75, 3.05) is 48.4 Å². The van der Waals surface area contributed by atoms with Gasteiger partial charge in [0.2, 0.25) is 0 Å². The van der Waals surface area contributed by atoms with Crippen LogP contribution in [-0.2, 0) is 0 Å². The van der Waals surface area contributed by atoms with Crippen molar-refractivity contribution in [2.45, 2.75) is 26.3 Å². The Morgan fingerprint density at radius 1 is 0.895 bits per heavy atom. The Hall–Kier alpha value is -3.42. The number of methoxy groups -OCH3 is 1. The normalized spacial score (nSPS) is 14.1. The van der Waals surface area contributed by atoms with E-state index in [1.807, 2.05) is 44.2 Å². The van der Waals surface area contributed by atoms with Crippen LogP contribution in [0.25, 0.3) is 0 Å². The quantitative estimate of drug-likeness (QED) is 0.351. The van der Waals surface area contributed by atoms with Crippen LogP contribution in [0.4, 0.5) is 17.1 Å². The highest BCUT2D eigenvalue weighted by molar-refractivity contribution is 6.35. The molecule has 0 saturated carbocycles. The first-order valence-corrected chi connectivity index (χ1v) is 13.4. The minimum atomic E-state index is -0.360. The van der Waals surface area contributed by atoms with Crippen molar-refractivity contribution in [1.29, 1.82) is 0 Å². The molecule has 0 bridgehead atoms. The van der Waals surface area contributed by atoms with Gasteiger partial charge in [-0.1, -0.05) is 42.3 Å². The van der Waals surface area contributed by atoms with Gasteiger partial charge in [0.1, 0.15) is 5.75 Å². The molecule has 7 nitrogen and oxygen atoms in total. The molecule has 1 aliphatic rings. The molecule has 200 valence electrons. The average molecular weight is 556 g/mol. The molecule has 1 atom stereocenters. The maximum Gasteiger partial charge on any atom is 0.255 e. The van der Waals surface area contributed by atoms with Crippen molar-refractivity contribution in [2.24, 2.45) is 0 Å². The number of para-hydroxylation sites is 2. The number of carbonyl (C=O) groups is 2. The SMILES string of the molecule is CCC(C)NC(=O)c1cc(NC(=O)c2cc(Cl)cc(Cl)c2)ccc1N1CCN(c2ccccc2OC)CC1. The number of hydrogen-bond donors (Lipinski definition) is 2. The van der Waals surface area contributed by atoms with E-state index >= 15 is 0 Å². The molecule has 0 spiro atoms. The zero-order chi connectivity index (χ0) is 27.2. The monoisotopic (exact) mass is 554 g/mol. The molecule has 2 amide bonds. The molecule has 9 heteroatoms. The standard InChI is InChI=1S/C29H32Cl2N4O3/c1-4-19(2)32-29(37)24-18-23(33-28(36)20-15-21(30)17-22(31)16-20)9-10-25(24)34-11-13-35(14-12-34)26-7-5-6-8-27(26)38-3/h5-10,15-19H,4,11-14H2,1-3H3,(H,32,37)(H,33,36). The maximum absolute atomic E-state index is 13.3. The lowest BCUT2D eigenvalue weighted by molar-refractivity contribution is 0.0938. The summed E-state index contributed by atoms with van der Waals surface area (Å²) < 4.78 is 5.54. The number of anilines is 3. The molecule has 1 aliphatic heterocycles. The fourth-order valence-corrected chi connectivity index (χ4v) is 4.97. The Kier molecular flexibility index (Phi) is 9.02. The Morgan fingerprint density at radius 2 is 1.53 bits per heavy atom. The third-order valence-corrected chi connectivity index (χ3v) is 7.10. The number of amides is 2. The highest BCUT2D eigenvalue weighted by Gasteiger charge is 2.24. The van der Waals surface area contributed by atoms with Gasteiger partial charge in [0.15, 0.2) is 0 Å². The summed E-state index contributed by atoms with van der Waals surface area (Å²) in [5, 5.41) is 6.68. The number of nitrogens with one attached hydrogen (secondary N) is 2. The summed E-state index contributed by atoms with van der Waals surface area (Å²) in [4.78, 5) is 30.7. The van der Waals surface area contributed by atoms with Gasteiger partial charge in [-0.3, -0.25) is 9.59 Å². The van der Waals surface area contributed by atoms with Gasteiger partial charge in [-0.05, 0) is 61.9 Å². The number of ether oxygens (including phenoxy) is 1. The highest BCUT2D eigenvalue weighted by atomic mass is 35.5. The van der Waals surface area contributed by atoms with Crippen LogP contribution in [0.5, 0.6) is 5.75 Å². The van der Waals surface area contributed by atoms with E-state index in [1.54, 1.807) is 31.4 Å². The van der Waals surface area contributed by atoms with E-state index < -0.39 is 0 Å². The van der Waals surface area contributed by atoms with Crippen molar-refractivity contribution in [1.82, 2.24) is 5.32 Å². The molecule has 3 aromatic carbocycles. The van der Waals surface area contributed by atoms with Gasteiger partial charge in [-0.25, -0.2) is 0 Å². The van der Waals surface area contributed by atoms with Gasteiger partial charge in [-0.15, -0.1) is 0 Å². The van der Waals surface area contributed by atoms with Crippen molar-refractivity contribution >= 4 is 52.1 Å². The van der Waals surface area contributed by atoms with E-state index in [0.29, 0.717) is 26.9 Å². The molecule has 4 rings (SSSR count). The van der Waals surface area contributed by atoms with Crippen LogP contribution < -0.4 is 25.2 Å². The largest absolute Gasteiger partial charge is 0.495 e. The summed E-state index contributed by atoms with van der Waals surface area (Å²) in [7, 11) is 1.68. The van der Waals surface area contributed by atoms with Crippen LogP contribution in [0.15, 0.2) is 60.7 Å². The number of halogens is 2. The molecule has 1 unspecified atom stereocenters. The number of rotatable bonds is 8. The lowest BCUT2D eigenvalue weighted by atomic mass is 10.1. The van der Waals surface area contributed by atoms with E-state index in [0.717, 1.165) is 49.7 Å². The maximum atomic E-state index is 13.3. The summed E-state index contributed by atoms with van der Waals surface area (Å²) in [5.41, 5.74) is 3.25. The molecule has 2 N–H and O–H groups in total. The Morgan fingerprint density at radius 3 is 2.16 bits per heavy atom. The number of piperazine rings is 1. The number of nitrogens with zero attached hydrogens (tertiary/aromatic N) is 2. The fourth-order valence-electron chi connectivity index (χ4n) is 4.44. The molecular formula is C29H32Cl2N4O3. The van der Waals surface area contributed by atoms with Crippen LogP contribution in [-0.4, -0.2) is 51.1 Å². The molecule has 1 saturated heterocycles. The molecule has 3 aromatic rings. The molecule has 0 aromatic heterocycles. The summed E-state index contributed by atoms with van der Waals surface area (Å²) >= 11 is 12.1. The first-order valence-electron chi connectivity index (χ1n) is 12.6. The molecule has 0 aliphatic carbocycles. The summed E-state index contributed by atoms with van der Waals surface area (Å²) in [5.74, 6) is 0.305. The first kappa shape index (κ1) is 27.6. The Labute approximate surface area is 233 Å². The van der Waals surface area contributed by atoms with Crippen LogP contribution in [0.2, 0.25) is 10.0 Å². The van der Waals surface area contributed by atoms with Crippen LogP contribution in [0.1, 0.15) is 41.0 Å². The van der Waals surface area contributed by atoms with Gasteiger partial charge in [0, 0.05) is 59.2 Å². The van der Waals surface area contributed by atoms with E-state index in [-0.39, 0.29) is 17.9 Å². The Balaban J connectivity index is 1.57. The van der Waals surface area contributed by atoms with E-state index in [2.05, 4.69) is 26.5 Å². The lowest BCUT2D eigenvalue weighted by Gasteiger charge is -2.38. The average Bonchev–Trinajstić information content (AvgIpc) is 2.92. The van der Waals surface area contributed by atoms with E-state index in [4.69, 9.17) is 27.9 Å². The third kappa shape index (κ3) is 6.52. The van der Waals surface area contributed by atoms with E-state index in [1.165, 1.54) is 0 Å². The summed E-state index contributed by atoms with van der Waals surface area (Å²) in [6.45, 7) is 7.01. The molecule has 1 fully saturated rings. The summed E-state index contributed by atoms with van der Waals surface area (Å²) in [6, 6.07) is 18.1. The fraction of sp³-hybridized carbons (Fsp3) is 0.310. The van der Waals surface area contributed by atoms with E-state index in [9.17, 15) is 9.59 Å². The zero-order valence-electron chi connectivity index (χ0n) is 21.8. The minimum Gasteiger partial charge on any atom is -0.495 e. The third-order valence-electron chi connectivity index (χ3n) is 6.66. The van der Waals surface area contributed by atoms with Gasteiger partial charge < -0.3 is 25.2 Å². The first-order chi connectivity index (χ1) is 18.3. The highest BCUT2D eigenvalue weighted by Crippen LogP contribution is 2.31. The minimum absolute atomic E-state index is 0.0181. The van der Waals surface area contributed by atoms with Crippen molar-refractivity contribution < 1.29 is 14.3 Å². The lowest BCUT2D eigenvalue weighted by Crippen LogP contribution is -2.47. The zero-order valence-corrected chi connectivity index (χ0v) is 23.3. The second kappa shape index (κ2) is 12.4. The number of benzene rings is 3. The molecule has 0 radical (unpaired) electrons. The second-order valence-electron chi connectivity index (χ2n) is 9.27. The predicted octanol–water partition coefficient (Wildman–Crippen LogP) is 6.11. The number of carbonyl (C=O) groups excluding carboxylic acids is 2. The van der Waals surface area contributed by atoms with Gasteiger partial charge >= 0.3 is 0 Å².